The Bertz CT molecular complexity index is 365. The first-order valence-electron chi connectivity index (χ1n) is 4.98. The number of benzene rings is 1. The van der Waals surface area contributed by atoms with Gasteiger partial charge in [0.05, 0.1) is 0 Å². The van der Waals surface area contributed by atoms with Gasteiger partial charge >= 0.3 is 6.09 Å². The summed E-state index contributed by atoms with van der Waals surface area (Å²) in [7, 11) is 0. The van der Waals surface area contributed by atoms with E-state index in [1.54, 1.807) is 0 Å². The van der Waals surface area contributed by atoms with Crippen molar-refractivity contribution in [1.29, 1.82) is 0 Å². The monoisotopic (exact) mass is 206 g/mol. The van der Waals surface area contributed by atoms with Gasteiger partial charge in [-0.25, -0.2) is 4.79 Å². The molecule has 4 heteroatoms. The standard InChI is InChI=1S/C11H14N2O2/c12-11(14)15-7-10-5-8-3-1-2-4-9(8)6-13-10/h1-4,10,13H,5-7H2,(H2,12,14)/t10-/m0/s1. The average Bonchev–Trinajstić information content (AvgIpc) is 2.26. The van der Waals surface area contributed by atoms with Crippen molar-refractivity contribution in [2.45, 2.75) is 19.0 Å². The van der Waals surface area contributed by atoms with Gasteiger partial charge in [-0.3, -0.25) is 0 Å². The second kappa shape index (κ2) is 4.31. The molecule has 15 heavy (non-hydrogen) atoms. The summed E-state index contributed by atoms with van der Waals surface area (Å²) in [6, 6.07) is 8.44. The van der Waals surface area contributed by atoms with Crippen molar-refractivity contribution >= 4 is 6.09 Å². The Morgan fingerprint density at radius 1 is 1.47 bits per heavy atom. The second-order valence-corrected chi connectivity index (χ2v) is 3.68. The second-order valence-electron chi connectivity index (χ2n) is 3.68. The average molecular weight is 206 g/mol. The molecule has 1 atom stereocenters. The normalized spacial score (nSPS) is 19.3. The summed E-state index contributed by atoms with van der Waals surface area (Å²) in [4.78, 5) is 10.5. The minimum absolute atomic E-state index is 0.174. The van der Waals surface area contributed by atoms with Gasteiger partial charge in [-0.05, 0) is 17.5 Å². The van der Waals surface area contributed by atoms with Crippen LogP contribution in [0.4, 0.5) is 4.79 Å². The SMILES string of the molecule is NC(=O)OC[C@@H]1Cc2ccccc2CN1. The highest BCUT2D eigenvalue weighted by Gasteiger charge is 2.18. The number of primary amides is 1. The molecule has 0 spiro atoms. The van der Waals surface area contributed by atoms with E-state index in [1.807, 2.05) is 12.1 Å². The van der Waals surface area contributed by atoms with Crippen LogP contribution in [0.5, 0.6) is 0 Å². The molecule has 4 nitrogen and oxygen atoms in total. The van der Waals surface area contributed by atoms with E-state index >= 15 is 0 Å². The molecule has 1 amide bonds. The van der Waals surface area contributed by atoms with E-state index in [0.717, 1.165) is 13.0 Å². The summed E-state index contributed by atoms with van der Waals surface area (Å²) >= 11 is 0. The third-order valence-corrected chi connectivity index (χ3v) is 2.59. The lowest BCUT2D eigenvalue weighted by molar-refractivity contribution is 0.141. The lowest BCUT2D eigenvalue weighted by Gasteiger charge is -2.25. The molecule has 0 fully saturated rings. The Morgan fingerprint density at radius 3 is 2.93 bits per heavy atom. The lowest BCUT2D eigenvalue weighted by Crippen LogP contribution is -2.40. The molecular weight excluding hydrogens is 192 g/mol. The van der Waals surface area contributed by atoms with E-state index in [0.29, 0.717) is 6.61 Å². The van der Waals surface area contributed by atoms with Gasteiger partial charge in [0.1, 0.15) is 6.61 Å². The summed E-state index contributed by atoms with van der Waals surface area (Å²) in [5.41, 5.74) is 7.54. The number of ether oxygens (including phenoxy) is 1. The number of nitrogens with one attached hydrogen (secondary N) is 1. The molecule has 2 rings (SSSR count). The number of carbonyl (C=O) groups is 1. The molecule has 1 aromatic rings. The first-order chi connectivity index (χ1) is 7.25. The molecule has 0 saturated carbocycles. The molecule has 0 radical (unpaired) electrons. The molecule has 1 aromatic carbocycles. The fourth-order valence-electron chi connectivity index (χ4n) is 1.82. The van der Waals surface area contributed by atoms with Crippen molar-refractivity contribution in [2.24, 2.45) is 5.73 Å². The van der Waals surface area contributed by atoms with E-state index in [2.05, 4.69) is 17.4 Å². The summed E-state index contributed by atoms with van der Waals surface area (Å²) in [6.07, 6.45) is 0.166. The van der Waals surface area contributed by atoms with Gasteiger partial charge in [0, 0.05) is 12.6 Å². The molecular formula is C11H14N2O2. The summed E-state index contributed by atoms with van der Waals surface area (Å²) < 4.78 is 4.77. The highest BCUT2D eigenvalue weighted by molar-refractivity contribution is 5.64. The van der Waals surface area contributed by atoms with E-state index in [4.69, 9.17) is 10.5 Å². The van der Waals surface area contributed by atoms with E-state index in [-0.39, 0.29) is 6.04 Å². The molecule has 0 unspecified atom stereocenters. The summed E-state index contributed by atoms with van der Waals surface area (Å²) in [5.74, 6) is 0. The van der Waals surface area contributed by atoms with Crippen LogP contribution in [-0.2, 0) is 17.7 Å². The van der Waals surface area contributed by atoms with Gasteiger partial charge in [-0.15, -0.1) is 0 Å². The van der Waals surface area contributed by atoms with Crippen LogP contribution in [0.1, 0.15) is 11.1 Å². The maximum absolute atomic E-state index is 10.5. The van der Waals surface area contributed by atoms with Gasteiger partial charge < -0.3 is 15.8 Å². The van der Waals surface area contributed by atoms with E-state index < -0.39 is 6.09 Å². The number of hydrogen-bond acceptors (Lipinski definition) is 3. The Labute approximate surface area is 88.4 Å². The minimum atomic E-state index is -0.712. The Kier molecular flexibility index (Phi) is 2.87. The highest BCUT2D eigenvalue weighted by atomic mass is 16.5. The third-order valence-electron chi connectivity index (χ3n) is 2.59. The Balaban J connectivity index is 1.96. The minimum Gasteiger partial charge on any atom is -0.448 e. The van der Waals surface area contributed by atoms with Gasteiger partial charge in [-0.1, -0.05) is 24.3 Å². The molecule has 0 bridgehead atoms. The summed E-state index contributed by atoms with van der Waals surface area (Å²) in [6.45, 7) is 1.16. The van der Waals surface area contributed by atoms with Gasteiger partial charge in [-0.2, -0.15) is 0 Å². The van der Waals surface area contributed by atoms with Crippen molar-refractivity contribution < 1.29 is 9.53 Å². The van der Waals surface area contributed by atoms with Crippen LogP contribution in [0, 0.1) is 0 Å². The lowest BCUT2D eigenvalue weighted by atomic mass is 9.96. The maximum Gasteiger partial charge on any atom is 0.404 e. The number of amides is 1. The predicted octanol–water partition coefficient (Wildman–Crippen LogP) is 0.796. The van der Waals surface area contributed by atoms with E-state index in [1.165, 1.54) is 11.1 Å². The molecule has 80 valence electrons. The van der Waals surface area contributed by atoms with Crippen molar-refractivity contribution in [3.8, 4) is 0 Å². The van der Waals surface area contributed by atoms with Crippen LogP contribution in [0.25, 0.3) is 0 Å². The molecule has 0 saturated heterocycles. The van der Waals surface area contributed by atoms with Gasteiger partial charge in [0.2, 0.25) is 0 Å². The quantitative estimate of drug-likeness (QED) is 0.752. The van der Waals surface area contributed by atoms with Crippen LogP contribution >= 0.6 is 0 Å². The number of rotatable bonds is 2. The molecule has 1 aliphatic heterocycles. The number of hydrogen-bond donors (Lipinski definition) is 2. The van der Waals surface area contributed by atoms with Crippen molar-refractivity contribution in [3.05, 3.63) is 35.4 Å². The van der Waals surface area contributed by atoms with Crippen molar-refractivity contribution in [3.63, 3.8) is 0 Å². The maximum atomic E-state index is 10.5. The van der Waals surface area contributed by atoms with Crippen LogP contribution in [0.2, 0.25) is 0 Å². The molecule has 1 aliphatic rings. The fraction of sp³-hybridized carbons (Fsp3) is 0.364. The molecule has 0 aliphatic carbocycles. The van der Waals surface area contributed by atoms with E-state index in [9.17, 15) is 4.79 Å². The van der Waals surface area contributed by atoms with Crippen molar-refractivity contribution in [2.75, 3.05) is 6.61 Å². The first kappa shape index (κ1) is 9.98. The number of fused-ring (bicyclic) bond motifs is 1. The van der Waals surface area contributed by atoms with Gasteiger partial charge in [0.25, 0.3) is 0 Å². The summed E-state index contributed by atoms with van der Waals surface area (Å²) in [5, 5.41) is 3.30. The van der Waals surface area contributed by atoms with Crippen LogP contribution in [0.15, 0.2) is 24.3 Å². The zero-order valence-corrected chi connectivity index (χ0v) is 8.40. The first-order valence-corrected chi connectivity index (χ1v) is 4.98. The highest BCUT2D eigenvalue weighted by Crippen LogP contribution is 2.16. The molecule has 3 N–H and O–H groups in total. The smallest absolute Gasteiger partial charge is 0.404 e. The van der Waals surface area contributed by atoms with Crippen LogP contribution < -0.4 is 11.1 Å². The molecule has 1 heterocycles. The molecule has 0 aromatic heterocycles. The fourth-order valence-corrected chi connectivity index (χ4v) is 1.82. The zero-order valence-electron chi connectivity index (χ0n) is 8.40. The van der Waals surface area contributed by atoms with Crippen molar-refractivity contribution in [1.82, 2.24) is 5.32 Å². The van der Waals surface area contributed by atoms with Gasteiger partial charge in [0.15, 0.2) is 0 Å². The third kappa shape index (κ3) is 2.47. The predicted molar refractivity (Wildman–Crippen MR) is 56.3 cm³/mol. The topological polar surface area (TPSA) is 64.4 Å². The Morgan fingerprint density at radius 2 is 2.20 bits per heavy atom. The number of carbonyl (C=O) groups excluding carboxylic acids is 1. The largest absolute Gasteiger partial charge is 0.448 e. The number of nitrogens with two attached hydrogens (primary N) is 1. The zero-order chi connectivity index (χ0) is 10.7. The van der Waals surface area contributed by atoms with Crippen LogP contribution in [0.3, 0.4) is 0 Å². The van der Waals surface area contributed by atoms with Crippen LogP contribution in [-0.4, -0.2) is 18.7 Å². The Hall–Kier alpha value is -1.55.